The van der Waals surface area contributed by atoms with Gasteiger partial charge in [-0.2, -0.15) is 0 Å². The fourth-order valence-electron chi connectivity index (χ4n) is 2.36. The zero-order valence-corrected chi connectivity index (χ0v) is 12.2. The molecular formula is C14H17Cl2NO2. The van der Waals surface area contributed by atoms with E-state index >= 15 is 0 Å². The summed E-state index contributed by atoms with van der Waals surface area (Å²) in [4.78, 5) is 14.3. The maximum absolute atomic E-state index is 12.6. The summed E-state index contributed by atoms with van der Waals surface area (Å²) in [5.41, 5.74) is 0.966. The maximum atomic E-state index is 12.6. The van der Waals surface area contributed by atoms with E-state index in [9.17, 15) is 4.79 Å². The Balaban J connectivity index is 2.19. The maximum Gasteiger partial charge on any atom is 0.230 e. The topological polar surface area (TPSA) is 29.5 Å². The van der Waals surface area contributed by atoms with Crippen molar-refractivity contribution in [3.05, 3.63) is 29.8 Å². The van der Waals surface area contributed by atoms with E-state index < -0.39 is 0 Å². The first-order valence-corrected chi connectivity index (χ1v) is 7.47. The number of carbonyl (C=O) groups is 1. The Morgan fingerprint density at radius 2 is 1.95 bits per heavy atom. The van der Waals surface area contributed by atoms with Gasteiger partial charge >= 0.3 is 0 Å². The van der Waals surface area contributed by atoms with Crippen LogP contribution in [-0.2, 0) is 4.79 Å². The van der Waals surface area contributed by atoms with E-state index in [1.54, 1.807) is 4.90 Å². The largest absolute Gasteiger partial charge is 0.493 e. The zero-order valence-electron chi connectivity index (χ0n) is 10.6. The number of rotatable bonds is 5. The van der Waals surface area contributed by atoms with Gasteiger partial charge in [0.2, 0.25) is 5.91 Å². The molecule has 0 bridgehead atoms. The average molecular weight is 302 g/mol. The van der Waals surface area contributed by atoms with Gasteiger partial charge in [-0.25, -0.2) is 0 Å². The molecule has 0 radical (unpaired) electrons. The zero-order chi connectivity index (χ0) is 13.7. The first-order chi connectivity index (χ1) is 9.27. The van der Waals surface area contributed by atoms with E-state index in [1.165, 1.54) is 0 Å². The number of carbonyl (C=O) groups excluding carboxylic acids is 1. The Morgan fingerprint density at radius 1 is 1.26 bits per heavy atom. The molecule has 1 unspecified atom stereocenters. The molecule has 0 N–H and O–H groups in total. The Hall–Kier alpha value is -0.930. The average Bonchev–Trinajstić information content (AvgIpc) is 2.46. The molecule has 2 rings (SSSR count). The van der Waals surface area contributed by atoms with Crippen LogP contribution in [0.5, 0.6) is 5.75 Å². The van der Waals surface area contributed by atoms with Crippen LogP contribution in [-0.4, -0.2) is 42.3 Å². The molecule has 1 heterocycles. The molecular weight excluding hydrogens is 285 g/mol. The molecule has 1 amide bonds. The van der Waals surface area contributed by atoms with Crippen molar-refractivity contribution in [3.8, 4) is 5.75 Å². The SMILES string of the molecule is O=C(C1CCOc2ccccc21)N(CCCl)CCCl. The van der Waals surface area contributed by atoms with Gasteiger partial charge < -0.3 is 9.64 Å². The van der Waals surface area contributed by atoms with Gasteiger partial charge in [0, 0.05) is 30.4 Å². The number of para-hydroxylation sites is 1. The van der Waals surface area contributed by atoms with Crippen molar-refractivity contribution in [3.63, 3.8) is 0 Å². The van der Waals surface area contributed by atoms with Crippen molar-refractivity contribution in [2.24, 2.45) is 0 Å². The van der Waals surface area contributed by atoms with E-state index in [2.05, 4.69) is 0 Å². The van der Waals surface area contributed by atoms with Crippen LogP contribution in [0.1, 0.15) is 17.9 Å². The highest BCUT2D eigenvalue weighted by molar-refractivity contribution is 6.18. The summed E-state index contributed by atoms with van der Waals surface area (Å²) in [6.45, 7) is 1.64. The molecule has 19 heavy (non-hydrogen) atoms. The van der Waals surface area contributed by atoms with Gasteiger partial charge in [0.25, 0.3) is 0 Å². The molecule has 0 fully saturated rings. The molecule has 1 aromatic rings. The quantitative estimate of drug-likeness (QED) is 0.783. The number of hydrogen-bond acceptors (Lipinski definition) is 2. The van der Waals surface area contributed by atoms with Gasteiger partial charge in [-0.3, -0.25) is 4.79 Å². The lowest BCUT2D eigenvalue weighted by Gasteiger charge is -2.30. The molecule has 1 atom stereocenters. The fraction of sp³-hybridized carbons (Fsp3) is 0.500. The summed E-state index contributed by atoms with van der Waals surface area (Å²) in [5, 5.41) is 0. The lowest BCUT2D eigenvalue weighted by atomic mass is 9.92. The van der Waals surface area contributed by atoms with Crippen molar-refractivity contribution >= 4 is 29.1 Å². The summed E-state index contributed by atoms with van der Waals surface area (Å²) >= 11 is 11.5. The van der Waals surface area contributed by atoms with Crippen LogP contribution in [0.15, 0.2) is 24.3 Å². The van der Waals surface area contributed by atoms with Gasteiger partial charge in [-0.15, -0.1) is 23.2 Å². The van der Waals surface area contributed by atoms with Crippen molar-refractivity contribution in [2.75, 3.05) is 31.5 Å². The van der Waals surface area contributed by atoms with E-state index in [-0.39, 0.29) is 11.8 Å². The Morgan fingerprint density at radius 3 is 2.63 bits per heavy atom. The third-order valence-electron chi connectivity index (χ3n) is 3.28. The smallest absolute Gasteiger partial charge is 0.230 e. The summed E-state index contributed by atoms with van der Waals surface area (Å²) in [7, 11) is 0. The molecule has 5 heteroatoms. The van der Waals surface area contributed by atoms with Crippen LogP contribution in [0.2, 0.25) is 0 Å². The molecule has 3 nitrogen and oxygen atoms in total. The fourth-order valence-corrected chi connectivity index (χ4v) is 2.76. The number of benzene rings is 1. The normalized spacial score (nSPS) is 17.5. The molecule has 0 spiro atoms. The van der Waals surface area contributed by atoms with Gasteiger partial charge in [-0.1, -0.05) is 18.2 Å². The number of ether oxygens (including phenoxy) is 1. The second-order valence-electron chi connectivity index (χ2n) is 4.43. The lowest BCUT2D eigenvalue weighted by Crippen LogP contribution is -2.39. The summed E-state index contributed by atoms with van der Waals surface area (Å²) in [6.07, 6.45) is 0.705. The second kappa shape index (κ2) is 7.01. The molecule has 0 saturated heterocycles. The summed E-state index contributed by atoms with van der Waals surface area (Å²) < 4.78 is 5.58. The number of fused-ring (bicyclic) bond motifs is 1. The van der Waals surface area contributed by atoms with Crippen molar-refractivity contribution in [2.45, 2.75) is 12.3 Å². The number of alkyl halides is 2. The van der Waals surface area contributed by atoms with Gasteiger partial charge in [0.1, 0.15) is 5.75 Å². The van der Waals surface area contributed by atoms with Crippen LogP contribution >= 0.6 is 23.2 Å². The molecule has 1 aromatic carbocycles. The predicted molar refractivity (Wildman–Crippen MR) is 77.3 cm³/mol. The highest BCUT2D eigenvalue weighted by atomic mass is 35.5. The van der Waals surface area contributed by atoms with Gasteiger partial charge in [0.15, 0.2) is 0 Å². The van der Waals surface area contributed by atoms with Crippen LogP contribution in [0.3, 0.4) is 0 Å². The van der Waals surface area contributed by atoms with Crippen LogP contribution < -0.4 is 4.74 Å². The molecule has 104 valence electrons. The van der Waals surface area contributed by atoms with E-state index in [1.807, 2.05) is 24.3 Å². The van der Waals surface area contributed by atoms with E-state index in [4.69, 9.17) is 27.9 Å². The van der Waals surface area contributed by atoms with E-state index in [0.29, 0.717) is 37.9 Å². The van der Waals surface area contributed by atoms with Crippen LogP contribution in [0, 0.1) is 0 Å². The van der Waals surface area contributed by atoms with Crippen molar-refractivity contribution in [1.29, 1.82) is 0 Å². The van der Waals surface area contributed by atoms with Crippen molar-refractivity contribution < 1.29 is 9.53 Å². The summed E-state index contributed by atoms with van der Waals surface area (Å²) in [5.74, 6) is 1.61. The second-order valence-corrected chi connectivity index (χ2v) is 5.19. The Bertz CT molecular complexity index is 433. The standard InChI is InChI=1S/C14H17Cl2NO2/c15-6-8-17(9-7-16)14(18)12-5-10-19-13-4-2-1-3-11(12)13/h1-4,12H,5-10H2. The highest BCUT2D eigenvalue weighted by Crippen LogP contribution is 2.34. The third kappa shape index (κ3) is 3.34. The number of amides is 1. The van der Waals surface area contributed by atoms with Crippen LogP contribution in [0.4, 0.5) is 0 Å². The number of halogens is 2. The molecule has 1 aliphatic rings. The number of hydrogen-bond donors (Lipinski definition) is 0. The minimum absolute atomic E-state index is 0.0945. The van der Waals surface area contributed by atoms with E-state index in [0.717, 1.165) is 11.3 Å². The molecule has 1 aliphatic heterocycles. The molecule has 0 aliphatic carbocycles. The monoisotopic (exact) mass is 301 g/mol. The van der Waals surface area contributed by atoms with Gasteiger partial charge in [0.05, 0.1) is 12.5 Å². The summed E-state index contributed by atoms with van der Waals surface area (Å²) in [6, 6.07) is 7.71. The van der Waals surface area contributed by atoms with Crippen LogP contribution in [0.25, 0.3) is 0 Å². The molecule has 0 aromatic heterocycles. The lowest BCUT2D eigenvalue weighted by molar-refractivity contribution is -0.133. The van der Waals surface area contributed by atoms with Gasteiger partial charge in [-0.05, 0) is 12.5 Å². The minimum Gasteiger partial charge on any atom is -0.493 e. The Kier molecular flexibility index (Phi) is 5.34. The minimum atomic E-state index is -0.142. The highest BCUT2D eigenvalue weighted by Gasteiger charge is 2.30. The van der Waals surface area contributed by atoms with Crippen molar-refractivity contribution in [1.82, 2.24) is 4.90 Å². The first-order valence-electron chi connectivity index (χ1n) is 6.40. The molecule has 0 saturated carbocycles. The first kappa shape index (κ1) is 14.5. The number of nitrogens with zero attached hydrogens (tertiary/aromatic N) is 1. The predicted octanol–water partition coefficient (Wildman–Crippen LogP) is 2.86. The Labute approximate surface area is 123 Å². The third-order valence-corrected chi connectivity index (χ3v) is 3.62.